The van der Waals surface area contributed by atoms with E-state index >= 15 is 0 Å². The molecule has 1 atom stereocenters. The van der Waals surface area contributed by atoms with E-state index in [2.05, 4.69) is 50.2 Å². The van der Waals surface area contributed by atoms with Gasteiger partial charge in [0, 0.05) is 6.04 Å². The van der Waals surface area contributed by atoms with E-state index in [4.69, 9.17) is 16.3 Å². The minimum absolute atomic E-state index is 0.145. The highest BCUT2D eigenvalue weighted by Crippen LogP contribution is 2.34. The van der Waals surface area contributed by atoms with E-state index in [-0.39, 0.29) is 6.04 Å². The van der Waals surface area contributed by atoms with Crippen molar-refractivity contribution < 1.29 is 4.74 Å². The molecule has 5 heteroatoms. The van der Waals surface area contributed by atoms with Gasteiger partial charge in [-0.3, -0.25) is 0 Å². The van der Waals surface area contributed by atoms with Crippen LogP contribution in [0.1, 0.15) is 18.5 Å². The predicted molar refractivity (Wildman–Crippen MR) is 91.9 cm³/mol. The summed E-state index contributed by atoms with van der Waals surface area (Å²) in [6.45, 7) is 2.10. The molecule has 0 spiro atoms. The van der Waals surface area contributed by atoms with E-state index in [9.17, 15) is 0 Å². The molecule has 2 rings (SSSR count). The number of benzene rings is 2. The first kappa shape index (κ1) is 15.7. The summed E-state index contributed by atoms with van der Waals surface area (Å²) in [5, 5.41) is 4.13. The maximum absolute atomic E-state index is 6.10. The number of nitrogens with one attached hydrogen (secondary N) is 1. The summed E-state index contributed by atoms with van der Waals surface area (Å²) in [6, 6.07) is 12.0. The quantitative estimate of drug-likeness (QED) is 0.652. The molecule has 0 saturated heterocycles. The van der Waals surface area contributed by atoms with Crippen LogP contribution in [-0.2, 0) is 0 Å². The highest BCUT2D eigenvalue weighted by molar-refractivity contribution is 9.11. The first-order chi connectivity index (χ1) is 9.52. The molecule has 1 unspecified atom stereocenters. The van der Waals surface area contributed by atoms with Gasteiger partial charge in [0.25, 0.3) is 0 Å². The average Bonchev–Trinajstić information content (AvgIpc) is 2.43. The van der Waals surface area contributed by atoms with E-state index in [0.717, 1.165) is 25.9 Å². The van der Waals surface area contributed by atoms with Gasteiger partial charge < -0.3 is 10.1 Å². The Morgan fingerprint density at radius 1 is 1.20 bits per heavy atom. The molecule has 2 aromatic rings. The van der Waals surface area contributed by atoms with Gasteiger partial charge in [-0.25, -0.2) is 0 Å². The molecule has 106 valence electrons. The Morgan fingerprint density at radius 2 is 1.95 bits per heavy atom. The van der Waals surface area contributed by atoms with Gasteiger partial charge in [-0.1, -0.05) is 23.7 Å². The Balaban J connectivity index is 2.21. The summed E-state index contributed by atoms with van der Waals surface area (Å²) < 4.78 is 7.06. The molecule has 2 aromatic carbocycles. The molecule has 0 aliphatic rings. The fourth-order valence-corrected chi connectivity index (χ4v) is 3.00. The molecule has 0 fully saturated rings. The molecule has 1 N–H and O–H groups in total. The van der Waals surface area contributed by atoms with Crippen LogP contribution in [0.25, 0.3) is 0 Å². The van der Waals surface area contributed by atoms with Gasteiger partial charge in [0.1, 0.15) is 5.75 Å². The van der Waals surface area contributed by atoms with Gasteiger partial charge in [0.2, 0.25) is 0 Å². The molecule has 0 bridgehead atoms. The first-order valence-electron chi connectivity index (χ1n) is 6.07. The number of halogens is 3. The largest absolute Gasteiger partial charge is 0.496 e. The lowest BCUT2D eigenvalue weighted by Gasteiger charge is -2.18. The summed E-state index contributed by atoms with van der Waals surface area (Å²) >= 11 is 13.1. The van der Waals surface area contributed by atoms with Crippen LogP contribution in [0.15, 0.2) is 45.3 Å². The number of rotatable bonds is 4. The predicted octanol–water partition coefficient (Wildman–Crippen LogP) is 6.05. The van der Waals surface area contributed by atoms with Crippen LogP contribution in [0, 0.1) is 0 Å². The molecule has 0 heterocycles. The van der Waals surface area contributed by atoms with E-state index in [1.807, 2.05) is 30.3 Å². The minimum Gasteiger partial charge on any atom is -0.496 e. The van der Waals surface area contributed by atoms with Gasteiger partial charge in [-0.05, 0) is 68.6 Å². The van der Waals surface area contributed by atoms with Crippen molar-refractivity contribution in [3.63, 3.8) is 0 Å². The normalized spacial score (nSPS) is 12.1. The zero-order valence-electron chi connectivity index (χ0n) is 11.1. The third-order valence-corrected chi connectivity index (χ3v) is 5.02. The van der Waals surface area contributed by atoms with Crippen LogP contribution in [0.5, 0.6) is 5.75 Å². The zero-order chi connectivity index (χ0) is 14.7. The Morgan fingerprint density at radius 3 is 2.60 bits per heavy atom. The highest BCUT2D eigenvalue weighted by atomic mass is 79.9. The summed E-state index contributed by atoms with van der Waals surface area (Å²) in [5.74, 6) is 0.824. The van der Waals surface area contributed by atoms with E-state index < -0.39 is 0 Å². The minimum atomic E-state index is 0.145. The Labute approximate surface area is 140 Å². The molecule has 2 nitrogen and oxygen atoms in total. The van der Waals surface area contributed by atoms with Crippen molar-refractivity contribution >= 4 is 49.1 Å². The van der Waals surface area contributed by atoms with Crippen molar-refractivity contribution in [2.24, 2.45) is 0 Å². The first-order valence-corrected chi connectivity index (χ1v) is 8.03. The maximum atomic E-state index is 6.10. The third kappa shape index (κ3) is 3.48. The van der Waals surface area contributed by atoms with Crippen molar-refractivity contribution in [1.29, 1.82) is 0 Å². The van der Waals surface area contributed by atoms with Gasteiger partial charge in [-0.15, -0.1) is 0 Å². The van der Waals surface area contributed by atoms with Crippen LogP contribution < -0.4 is 10.1 Å². The second-order valence-electron chi connectivity index (χ2n) is 4.36. The Kier molecular flexibility index (Phi) is 5.35. The smallest absolute Gasteiger partial charge is 0.133 e. The molecule has 0 aromatic heterocycles. The summed E-state index contributed by atoms with van der Waals surface area (Å²) in [4.78, 5) is 0. The maximum Gasteiger partial charge on any atom is 0.133 e. The highest BCUT2D eigenvalue weighted by Gasteiger charge is 2.11. The number of hydrogen-bond donors (Lipinski definition) is 1. The lowest BCUT2D eigenvalue weighted by Crippen LogP contribution is -2.07. The number of hydrogen-bond acceptors (Lipinski definition) is 2. The monoisotopic (exact) mass is 417 g/mol. The topological polar surface area (TPSA) is 21.3 Å². The van der Waals surface area contributed by atoms with E-state index in [1.165, 1.54) is 0 Å². The molecular weight excluding hydrogens is 405 g/mol. The zero-order valence-corrected chi connectivity index (χ0v) is 15.0. The summed E-state index contributed by atoms with van der Waals surface area (Å²) in [7, 11) is 1.66. The molecule has 0 saturated carbocycles. The molecule has 0 aliphatic heterocycles. The standard InChI is InChI=1S/C15H14Br2ClNO/c1-9(10-6-7-14(20-2)11(16)8-10)19-13-5-3-4-12(18)15(13)17/h3-9,19H,1-2H3. The number of methoxy groups -OCH3 is 1. The van der Waals surface area contributed by atoms with Crippen LogP contribution in [-0.4, -0.2) is 7.11 Å². The molecule has 0 radical (unpaired) electrons. The van der Waals surface area contributed by atoms with Crippen molar-refractivity contribution in [3.05, 3.63) is 55.9 Å². The van der Waals surface area contributed by atoms with Crippen LogP contribution in [0.2, 0.25) is 5.02 Å². The molecule has 20 heavy (non-hydrogen) atoms. The lowest BCUT2D eigenvalue weighted by molar-refractivity contribution is 0.412. The third-order valence-electron chi connectivity index (χ3n) is 3.00. The van der Waals surface area contributed by atoms with E-state index in [0.29, 0.717) is 5.02 Å². The number of ether oxygens (including phenoxy) is 1. The van der Waals surface area contributed by atoms with Gasteiger partial charge in [-0.2, -0.15) is 0 Å². The molecular formula is C15H14Br2ClNO. The van der Waals surface area contributed by atoms with Gasteiger partial charge in [0.15, 0.2) is 0 Å². The fraction of sp³-hybridized carbons (Fsp3) is 0.200. The Bertz CT molecular complexity index is 619. The average molecular weight is 420 g/mol. The van der Waals surface area contributed by atoms with Crippen LogP contribution in [0.3, 0.4) is 0 Å². The van der Waals surface area contributed by atoms with E-state index in [1.54, 1.807) is 7.11 Å². The fourth-order valence-electron chi connectivity index (χ4n) is 1.88. The summed E-state index contributed by atoms with van der Waals surface area (Å²) in [6.07, 6.45) is 0. The number of anilines is 1. The van der Waals surface area contributed by atoms with Crippen LogP contribution in [0.4, 0.5) is 5.69 Å². The van der Waals surface area contributed by atoms with Gasteiger partial charge >= 0.3 is 0 Å². The Hall–Kier alpha value is -0.710. The molecule has 0 amide bonds. The lowest BCUT2D eigenvalue weighted by atomic mass is 10.1. The van der Waals surface area contributed by atoms with Gasteiger partial charge in [0.05, 0.1) is 26.8 Å². The van der Waals surface area contributed by atoms with Crippen molar-refractivity contribution in [2.75, 3.05) is 12.4 Å². The second-order valence-corrected chi connectivity index (χ2v) is 6.42. The second kappa shape index (κ2) is 6.83. The summed E-state index contributed by atoms with van der Waals surface area (Å²) in [5.41, 5.74) is 2.13. The van der Waals surface area contributed by atoms with Crippen molar-refractivity contribution in [1.82, 2.24) is 0 Å². The van der Waals surface area contributed by atoms with Crippen LogP contribution >= 0.6 is 43.5 Å². The molecule has 0 aliphatic carbocycles. The van der Waals surface area contributed by atoms with Crippen molar-refractivity contribution in [2.45, 2.75) is 13.0 Å². The SMILES string of the molecule is COc1ccc(C(C)Nc2cccc(Cl)c2Br)cc1Br. The van der Waals surface area contributed by atoms with Crippen molar-refractivity contribution in [3.8, 4) is 5.75 Å².